The number of fused-ring (bicyclic) bond motifs is 1. The molecule has 3 rings (SSSR count). The van der Waals surface area contributed by atoms with Crippen LogP contribution in [-0.2, 0) is 19.1 Å². The Morgan fingerprint density at radius 3 is 2.20 bits per heavy atom. The van der Waals surface area contributed by atoms with Crippen LogP contribution in [-0.4, -0.2) is 36.5 Å². The molecule has 0 heterocycles. The van der Waals surface area contributed by atoms with Crippen molar-refractivity contribution in [2.45, 2.75) is 12.0 Å². The first-order valence-electron chi connectivity index (χ1n) is 9.09. The summed E-state index contributed by atoms with van der Waals surface area (Å²) >= 11 is 0. The van der Waals surface area contributed by atoms with Crippen molar-refractivity contribution in [3.05, 3.63) is 93.4 Å². The fourth-order valence-electron chi connectivity index (χ4n) is 3.68. The molecule has 0 radical (unpaired) electrons. The summed E-state index contributed by atoms with van der Waals surface area (Å²) < 4.78 is 9.61. The molecule has 0 bridgehead atoms. The first-order valence-corrected chi connectivity index (χ1v) is 9.09. The highest BCUT2D eigenvalue weighted by atomic mass is 16.8. The molecule has 8 nitrogen and oxygen atoms in total. The third-order valence-corrected chi connectivity index (χ3v) is 5.02. The minimum atomic E-state index is -1.23. The predicted molar refractivity (Wildman–Crippen MR) is 106 cm³/mol. The second-order valence-corrected chi connectivity index (χ2v) is 6.64. The molecule has 0 saturated heterocycles. The Morgan fingerprint density at radius 1 is 1.00 bits per heavy atom. The topological polar surface area (TPSA) is 121 Å². The number of ether oxygens (including phenoxy) is 2. The number of quaternary nitrogens is 1. The zero-order valence-electron chi connectivity index (χ0n) is 16.4. The first kappa shape index (κ1) is 21.3. The van der Waals surface area contributed by atoms with Crippen molar-refractivity contribution in [3.8, 4) is 0 Å². The molecule has 0 amide bonds. The van der Waals surface area contributed by atoms with Crippen LogP contribution in [0.1, 0.15) is 28.7 Å². The normalized spacial score (nSPS) is 17.9. The Kier molecular flexibility index (Phi) is 6.31. The lowest BCUT2D eigenvalue weighted by atomic mass is 9.80. The van der Waals surface area contributed by atoms with E-state index in [0.717, 1.165) is 14.2 Å². The van der Waals surface area contributed by atoms with Crippen LogP contribution in [0, 0.1) is 5.21 Å². The van der Waals surface area contributed by atoms with Crippen molar-refractivity contribution in [2.75, 3.05) is 14.2 Å². The standard InChI is InChI=1S/C22H21NO7/c1-29-21(25)16-12-14-10-6-7-11-15(14)17(18(20(16)24)22(26)30-2)19(23(27)28)13-8-4-3-5-9-13/h3-12,17,19,23-24,27H,1-2H3. The van der Waals surface area contributed by atoms with Crippen LogP contribution in [0.4, 0.5) is 0 Å². The van der Waals surface area contributed by atoms with Crippen LogP contribution >= 0.6 is 0 Å². The van der Waals surface area contributed by atoms with Gasteiger partial charge in [0.25, 0.3) is 0 Å². The Balaban J connectivity index is 2.37. The Morgan fingerprint density at radius 2 is 1.60 bits per heavy atom. The van der Waals surface area contributed by atoms with E-state index >= 15 is 0 Å². The molecule has 0 spiro atoms. The maximum Gasteiger partial charge on any atom is 0.341 e. The van der Waals surface area contributed by atoms with Crippen molar-refractivity contribution < 1.29 is 34.6 Å². The second kappa shape index (κ2) is 8.91. The number of nitrogens with one attached hydrogen (secondary N) is 1. The number of carbonyl (C=O) groups is 2. The molecule has 156 valence electrons. The van der Waals surface area contributed by atoms with Gasteiger partial charge in [-0.2, -0.15) is 0 Å². The number of methoxy groups -OCH3 is 2. The number of aliphatic hydroxyl groups is 1. The van der Waals surface area contributed by atoms with E-state index in [4.69, 9.17) is 9.47 Å². The van der Waals surface area contributed by atoms with Gasteiger partial charge >= 0.3 is 11.9 Å². The number of rotatable bonds is 5. The Labute approximate surface area is 172 Å². The highest BCUT2D eigenvalue weighted by molar-refractivity contribution is 6.03. The summed E-state index contributed by atoms with van der Waals surface area (Å²) in [6, 6.07) is 13.9. The molecule has 3 unspecified atom stereocenters. The van der Waals surface area contributed by atoms with E-state index in [-0.39, 0.29) is 11.1 Å². The molecule has 8 heteroatoms. The van der Waals surface area contributed by atoms with E-state index < -0.39 is 34.9 Å². The van der Waals surface area contributed by atoms with Gasteiger partial charge in [-0.15, -0.1) is 0 Å². The zero-order chi connectivity index (χ0) is 21.8. The smallest absolute Gasteiger partial charge is 0.341 e. The van der Waals surface area contributed by atoms with E-state index in [0.29, 0.717) is 16.7 Å². The average molecular weight is 411 g/mol. The van der Waals surface area contributed by atoms with Gasteiger partial charge < -0.3 is 19.8 Å². The number of esters is 2. The molecule has 0 aromatic heterocycles. The van der Waals surface area contributed by atoms with Crippen molar-refractivity contribution in [1.29, 1.82) is 0 Å². The lowest BCUT2D eigenvalue weighted by Gasteiger charge is -2.33. The van der Waals surface area contributed by atoms with Crippen molar-refractivity contribution >= 4 is 18.0 Å². The average Bonchev–Trinajstić information content (AvgIpc) is 2.88. The van der Waals surface area contributed by atoms with Gasteiger partial charge in [-0.1, -0.05) is 54.6 Å². The molecular formula is C22H21NO7. The largest absolute Gasteiger partial charge is 0.600 e. The number of benzene rings is 2. The molecule has 1 aliphatic rings. The molecule has 2 aromatic rings. The van der Waals surface area contributed by atoms with Crippen LogP contribution in [0.5, 0.6) is 0 Å². The highest BCUT2D eigenvalue weighted by Gasteiger charge is 2.42. The Bertz CT molecular complexity index is 1010. The number of carbonyl (C=O) groups excluding carboxylic acids is 2. The molecular weight excluding hydrogens is 390 g/mol. The van der Waals surface area contributed by atoms with Gasteiger partial charge in [-0.3, -0.25) is 0 Å². The molecule has 0 aliphatic heterocycles. The van der Waals surface area contributed by atoms with Crippen molar-refractivity contribution in [1.82, 2.24) is 0 Å². The molecule has 30 heavy (non-hydrogen) atoms. The highest BCUT2D eigenvalue weighted by Crippen LogP contribution is 2.42. The monoisotopic (exact) mass is 411 g/mol. The molecule has 2 aromatic carbocycles. The summed E-state index contributed by atoms with van der Waals surface area (Å²) in [4.78, 5) is 25.1. The van der Waals surface area contributed by atoms with Gasteiger partial charge in [0.1, 0.15) is 11.3 Å². The summed E-state index contributed by atoms with van der Waals surface area (Å²) in [5, 5.41) is 32.3. The number of hydrogen-bond donors (Lipinski definition) is 3. The van der Waals surface area contributed by atoms with Gasteiger partial charge in [0, 0.05) is 5.56 Å². The van der Waals surface area contributed by atoms with Gasteiger partial charge in [0.15, 0.2) is 6.04 Å². The van der Waals surface area contributed by atoms with Crippen LogP contribution in [0.25, 0.3) is 6.08 Å². The number of aliphatic hydroxyl groups excluding tert-OH is 1. The van der Waals surface area contributed by atoms with E-state index in [2.05, 4.69) is 0 Å². The van der Waals surface area contributed by atoms with E-state index in [1.54, 1.807) is 54.6 Å². The summed E-state index contributed by atoms with van der Waals surface area (Å²) in [5.74, 6) is -3.59. The van der Waals surface area contributed by atoms with Gasteiger partial charge in [0.2, 0.25) is 0 Å². The fraction of sp³-hybridized carbons (Fsp3) is 0.182. The lowest BCUT2D eigenvalue weighted by molar-refractivity contribution is -1.07. The fourth-order valence-corrected chi connectivity index (χ4v) is 3.68. The third kappa shape index (κ3) is 3.84. The Hall–Kier alpha value is -3.46. The number of hydroxylamine groups is 2. The quantitative estimate of drug-likeness (QED) is 0.507. The van der Waals surface area contributed by atoms with Gasteiger partial charge in [0.05, 0.1) is 25.7 Å². The van der Waals surface area contributed by atoms with Crippen LogP contribution in [0.15, 0.2) is 71.5 Å². The number of hydrogen-bond acceptors (Lipinski definition) is 7. The minimum absolute atomic E-state index is 0.259. The van der Waals surface area contributed by atoms with E-state index in [1.165, 1.54) is 6.08 Å². The summed E-state index contributed by atoms with van der Waals surface area (Å²) in [6.45, 7) is 0. The first-order chi connectivity index (χ1) is 14.4. The second-order valence-electron chi connectivity index (χ2n) is 6.64. The van der Waals surface area contributed by atoms with Crippen molar-refractivity contribution in [3.63, 3.8) is 0 Å². The van der Waals surface area contributed by atoms with Crippen LogP contribution in [0.2, 0.25) is 0 Å². The summed E-state index contributed by atoms with van der Waals surface area (Å²) in [7, 11) is 2.27. The molecule has 3 N–H and O–H groups in total. The van der Waals surface area contributed by atoms with Gasteiger partial charge in [-0.25, -0.2) is 20.0 Å². The van der Waals surface area contributed by atoms with Crippen LogP contribution < -0.4 is 5.23 Å². The predicted octanol–water partition coefficient (Wildman–Crippen LogP) is 1.84. The SMILES string of the molecule is COC(=O)C1=Cc2ccccc2C(C(c2ccccc2)[NH+]([O-])O)C(C(=O)OC)=C1O. The van der Waals surface area contributed by atoms with E-state index in [9.17, 15) is 25.1 Å². The molecule has 0 saturated carbocycles. The third-order valence-electron chi connectivity index (χ3n) is 5.02. The zero-order valence-corrected chi connectivity index (χ0v) is 16.4. The lowest BCUT2D eigenvalue weighted by Crippen LogP contribution is -3.05. The molecule has 1 aliphatic carbocycles. The van der Waals surface area contributed by atoms with Crippen LogP contribution in [0.3, 0.4) is 0 Å². The summed E-state index contributed by atoms with van der Waals surface area (Å²) in [5.41, 5.74) is 0.788. The van der Waals surface area contributed by atoms with Gasteiger partial charge in [-0.05, 0) is 17.2 Å². The maximum atomic E-state index is 12.8. The summed E-state index contributed by atoms with van der Waals surface area (Å²) in [6.07, 6.45) is 1.38. The molecule has 3 atom stereocenters. The van der Waals surface area contributed by atoms with E-state index in [1.807, 2.05) is 0 Å². The minimum Gasteiger partial charge on any atom is -0.600 e. The van der Waals surface area contributed by atoms with Crippen molar-refractivity contribution in [2.24, 2.45) is 0 Å². The maximum absolute atomic E-state index is 12.8. The molecule has 0 fully saturated rings.